The third-order valence-corrected chi connectivity index (χ3v) is 2.11. The fraction of sp³-hybridized carbons (Fsp3) is 0.375. The zero-order valence-corrected chi connectivity index (χ0v) is 7.15. The van der Waals surface area contributed by atoms with E-state index in [2.05, 4.69) is 10.2 Å². The lowest BCUT2D eigenvalue weighted by Gasteiger charge is -2.10. The molecule has 0 aliphatic carbocycles. The van der Waals surface area contributed by atoms with Crippen LogP contribution in [0.5, 0.6) is 0 Å². The number of imide groups is 1. The van der Waals surface area contributed by atoms with E-state index in [0.717, 1.165) is 0 Å². The number of hydrogen-bond acceptors (Lipinski definition) is 3. The average Bonchev–Trinajstić information content (AvgIpc) is 2.63. The number of hydrogen-bond donors (Lipinski definition) is 1. The van der Waals surface area contributed by atoms with Crippen LogP contribution in [0.25, 0.3) is 0 Å². The Labute approximate surface area is 74.7 Å². The molecule has 5 nitrogen and oxygen atoms in total. The molecule has 1 aliphatic heterocycles. The van der Waals surface area contributed by atoms with Gasteiger partial charge in [0.1, 0.15) is 0 Å². The van der Waals surface area contributed by atoms with Crippen molar-refractivity contribution in [2.45, 2.75) is 13.3 Å². The van der Waals surface area contributed by atoms with E-state index in [-0.39, 0.29) is 17.7 Å². The van der Waals surface area contributed by atoms with Crippen LogP contribution in [0, 0.1) is 5.92 Å². The first-order valence-electron chi connectivity index (χ1n) is 4.05. The van der Waals surface area contributed by atoms with E-state index in [1.165, 1.54) is 17.3 Å². The summed E-state index contributed by atoms with van der Waals surface area (Å²) in [5.41, 5.74) is 0.527. The van der Waals surface area contributed by atoms with Crippen LogP contribution in [-0.2, 0) is 9.59 Å². The lowest BCUT2D eigenvalue weighted by molar-refractivity contribution is -0.122. The molecule has 13 heavy (non-hydrogen) atoms. The zero-order valence-electron chi connectivity index (χ0n) is 7.15. The minimum atomic E-state index is -0.206. The van der Waals surface area contributed by atoms with Gasteiger partial charge in [-0.05, 0) is 0 Å². The largest absolute Gasteiger partial charge is 0.284 e. The highest BCUT2D eigenvalue weighted by molar-refractivity contribution is 6.20. The van der Waals surface area contributed by atoms with Crippen LogP contribution in [0.15, 0.2) is 12.4 Å². The zero-order chi connectivity index (χ0) is 9.42. The highest BCUT2D eigenvalue weighted by atomic mass is 16.2. The quantitative estimate of drug-likeness (QED) is 0.631. The van der Waals surface area contributed by atoms with Crippen LogP contribution in [0.2, 0.25) is 0 Å². The maximum atomic E-state index is 11.5. The number of amides is 2. The molecule has 1 fully saturated rings. The Morgan fingerprint density at radius 2 is 2.38 bits per heavy atom. The lowest BCUT2D eigenvalue weighted by Crippen LogP contribution is -2.29. The third kappa shape index (κ3) is 1.12. The molecule has 1 atom stereocenters. The number of H-pyrrole nitrogens is 1. The van der Waals surface area contributed by atoms with E-state index in [4.69, 9.17) is 0 Å². The molecule has 0 radical (unpaired) electrons. The van der Waals surface area contributed by atoms with E-state index < -0.39 is 0 Å². The first-order valence-corrected chi connectivity index (χ1v) is 4.05. The van der Waals surface area contributed by atoms with Crippen molar-refractivity contribution in [2.75, 3.05) is 4.90 Å². The molecule has 2 amide bonds. The molecule has 1 unspecified atom stereocenters. The second kappa shape index (κ2) is 2.69. The molecule has 1 N–H and O–H groups in total. The summed E-state index contributed by atoms with van der Waals surface area (Å²) >= 11 is 0. The summed E-state index contributed by atoms with van der Waals surface area (Å²) in [6, 6.07) is 0. The summed E-state index contributed by atoms with van der Waals surface area (Å²) in [6.45, 7) is 1.75. The molecule has 68 valence electrons. The summed E-state index contributed by atoms with van der Waals surface area (Å²) < 4.78 is 0. The van der Waals surface area contributed by atoms with Gasteiger partial charge in [0, 0.05) is 18.5 Å². The third-order valence-electron chi connectivity index (χ3n) is 2.11. The molecule has 1 saturated heterocycles. The minimum absolute atomic E-state index is 0.147. The predicted molar refractivity (Wildman–Crippen MR) is 44.9 cm³/mol. The van der Waals surface area contributed by atoms with Crippen LogP contribution in [0.1, 0.15) is 13.3 Å². The molecule has 0 bridgehead atoms. The smallest absolute Gasteiger partial charge is 0.237 e. The summed E-state index contributed by atoms with van der Waals surface area (Å²) in [5.74, 6) is -0.507. The normalized spacial score (nSPS) is 22.8. The summed E-state index contributed by atoms with van der Waals surface area (Å²) in [6.07, 6.45) is 3.30. The van der Waals surface area contributed by atoms with Crippen molar-refractivity contribution in [3.8, 4) is 0 Å². The van der Waals surface area contributed by atoms with Gasteiger partial charge in [-0.3, -0.25) is 14.7 Å². The molecule has 1 aliphatic rings. The number of carbonyl (C=O) groups is 2. The molecule has 1 aromatic heterocycles. The molecule has 0 aromatic carbocycles. The number of aromatic nitrogens is 2. The van der Waals surface area contributed by atoms with Gasteiger partial charge in [0.2, 0.25) is 11.8 Å². The molecule has 2 heterocycles. The van der Waals surface area contributed by atoms with Crippen molar-refractivity contribution < 1.29 is 9.59 Å². The lowest BCUT2D eigenvalue weighted by atomic mass is 10.1. The minimum Gasteiger partial charge on any atom is -0.284 e. The van der Waals surface area contributed by atoms with Gasteiger partial charge >= 0.3 is 0 Å². The van der Waals surface area contributed by atoms with Crippen molar-refractivity contribution >= 4 is 17.5 Å². The number of nitrogens with zero attached hydrogens (tertiary/aromatic N) is 2. The topological polar surface area (TPSA) is 66.1 Å². The Bertz CT molecular complexity index is 344. The van der Waals surface area contributed by atoms with Crippen LogP contribution in [0.3, 0.4) is 0 Å². The van der Waals surface area contributed by atoms with Gasteiger partial charge in [0.25, 0.3) is 0 Å². The van der Waals surface area contributed by atoms with Crippen LogP contribution in [0.4, 0.5) is 5.69 Å². The molecule has 5 heteroatoms. The van der Waals surface area contributed by atoms with Gasteiger partial charge in [-0.25, -0.2) is 4.90 Å². The standard InChI is InChI=1S/C8H9N3O2/c1-5-2-7(12)11(8(5)13)6-3-9-10-4-6/h3-5H,2H2,1H3,(H,9,10). The monoisotopic (exact) mass is 179 g/mol. The molecule has 0 saturated carbocycles. The second-order valence-electron chi connectivity index (χ2n) is 3.13. The average molecular weight is 179 g/mol. The van der Waals surface area contributed by atoms with Crippen molar-refractivity contribution in [3.63, 3.8) is 0 Å². The van der Waals surface area contributed by atoms with Gasteiger partial charge in [-0.1, -0.05) is 6.92 Å². The van der Waals surface area contributed by atoms with Crippen molar-refractivity contribution in [3.05, 3.63) is 12.4 Å². The Kier molecular flexibility index (Phi) is 1.65. The van der Waals surface area contributed by atoms with Crippen molar-refractivity contribution in [2.24, 2.45) is 5.92 Å². The van der Waals surface area contributed by atoms with Gasteiger partial charge in [-0.2, -0.15) is 5.10 Å². The van der Waals surface area contributed by atoms with Crippen LogP contribution in [-0.4, -0.2) is 22.0 Å². The van der Waals surface area contributed by atoms with E-state index in [0.29, 0.717) is 12.1 Å². The Morgan fingerprint density at radius 3 is 2.85 bits per heavy atom. The Hall–Kier alpha value is -1.65. The summed E-state index contributed by atoms with van der Waals surface area (Å²) in [5, 5.41) is 6.26. The highest BCUT2D eigenvalue weighted by Crippen LogP contribution is 2.24. The maximum Gasteiger partial charge on any atom is 0.237 e. The maximum absolute atomic E-state index is 11.5. The van der Waals surface area contributed by atoms with Gasteiger partial charge < -0.3 is 0 Å². The molecular weight excluding hydrogens is 170 g/mol. The van der Waals surface area contributed by atoms with E-state index >= 15 is 0 Å². The SMILES string of the molecule is CC1CC(=O)N(c2cn[nH]c2)C1=O. The number of nitrogens with one attached hydrogen (secondary N) is 1. The van der Waals surface area contributed by atoms with E-state index in [9.17, 15) is 9.59 Å². The summed E-state index contributed by atoms with van der Waals surface area (Å²) in [4.78, 5) is 24.0. The van der Waals surface area contributed by atoms with Crippen LogP contribution < -0.4 is 4.90 Å². The van der Waals surface area contributed by atoms with Gasteiger partial charge in [0.05, 0.1) is 11.9 Å². The number of rotatable bonds is 1. The van der Waals surface area contributed by atoms with Gasteiger partial charge in [-0.15, -0.1) is 0 Å². The number of carbonyl (C=O) groups excluding carboxylic acids is 2. The molecule has 0 spiro atoms. The van der Waals surface area contributed by atoms with Gasteiger partial charge in [0.15, 0.2) is 0 Å². The second-order valence-corrected chi connectivity index (χ2v) is 3.13. The predicted octanol–water partition coefficient (Wildman–Crippen LogP) is 0.309. The molecule has 1 aromatic rings. The fourth-order valence-corrected chi connectivity index (χ4v) is 1.42. The summed E-state index contributed by atoms with van der Waals surface area (Å²) in [7, 11) is 0. The first kappa shape index (κ1) is 7.97. The van der Waals surface area contributed by atoms with Crippen molar-refractivity contribution in [1.29, 1.82) is 0 Å². The number of aromatic amines is 1. The van der Waals surface area contributed by atoms with E-state index in [1.54, 1.807) is 6.92 Å². The highest BCUT2D eigenvalue weighted by Gasteiger charge is 2.36. The Balaban J connectivity index is 2.34. The first-order chi connectivity index (χ1) is 6.20. The van der Waals surface area contributed by atoms with Crippen LogP contribution >= 0.6 is 0 Å². The molecular formula is C8H9N3O2. The molecule has 2 rings (SSSR count). The number of anilines is 1. The van der Waals surface area contributed by atoms with Crippen molar-refractivity contribution in [1.82, 2.24) is 10.2 Å². The Morgan fingerprint density at radius 1 is 1.62 bits per heavy atom. The fourth-order valence-electron chi connectivity index (χ4n) is 1.42. The van der Waals surface area contributed by atoms with E-state index in [1.807, 2.05) is 0 Å².